The molecule has 0 saturated carbocycles. The van der Waals surface area contributed by atoms with Gasteiger partial charge in [0.25, 0.3) is 0 Å². The first-order valence-corrected chi connectivity index (χ1v) is 3.20. The van der Waals surface area contributed by atoms with E-state index in [1.807, 2.05) is 0 Å². The Labute approximate surface area is 76.2 Å². The van der Waals surface area contributed by atoms with Gasteiger partial charge in [-0.25, -0.2) is 0 Å². The second kappa shape index (κ2) is 35.9. The molecule has 0 saturated heterocycles. The Bertz CT molecular complexity index is 9.61. The molecule has 0 aromatic rings. The summed E-state index contributed by atoms with van der Waals surface area (Å²) in [6.07, 6.45) is 0. The van der Waals surface area contributed by atoms with Crippen molar-refractivity contribution in [2.75, 3.05) is 0 Å². The summed E-state index contributed by atoms with van der Waals surface area (Å²) in [7, 11) is 0. The van der Waals surface area contributed by atoms with Gasteiger partial charge in [0.05, 0.1) is 0 Å². The predicted molar refractivity (Wildman–Crippen MR) is 12.9 cm³/mol. The molecular formula is AgBi2O2. The zero-order valence-electron chi connectivity index (χ0n) is 2.01. The van der Waals surface area contributed by atoms with Crippen LogP contribution in [0.4, 0.5) is 0 Å². The van der Waals surface area contributed by atoms with Crippen LogP contribution in [0, 0.1) is 0 Å². The topological polar surface area (TPSA) is 34.1 Å². The van der Waals surface area contributed by atoms with Crippen molar-refractivity contribution < 1.29 is 28.0 Å². The van der Waals surface area contributed by atoms with Gasteiger partial charge in [-0.15, -0.1) is 0 Å². The molecule has 0 amide bonds. The Morgan fingerprint density at radius 2 is 0.800 bits per heavy atom. The van der Waals surface area contributed by atoms with Gasteiger partial charge in [0.2, 0.25) is 0 Å². The van der Waals surface area contributed by atoms with Crippen LogP contribution in [0.25, 0.3) is 0 Å². The standard InChI is InChI=1S/Ag.2Bi.2O. The molecular weight excluding hydrogens is 558 g/mol. The van der Waals surface area contributed by atoms with Crippen LogP contribution in [0.2, 0.25) is 0 Å². The summed E-state index contributed by atoms with van der Waals surface area (Å²) in [5.74, 6) is 0. The molecule has 5 heavy (non-hydrogen) atoms. The third-order valence-corrected chi connectivity index (χ3v) is 0. The molecule has 0 atom stereocenters. The van der Waals surface area contributed by atoms with E-state index >= 15 is 0 Å². The summed E-state index contributed by atoms with van der Waals surface area (Å²) < 4.78 is 16.7. The van der Waals surface area contributed by atoms with Crippen LogP contribution in [0.3, 0.4) is 0 Å². The van der Waals surface area contributed by atoms with Gasteiger partial charge in [-0.1, -0.05) is 0 Å². The zero-order chi connectivity index (χ0) is 4.00. The van der Waals surface area contributed by atoms with E-state index in [-0.39, 0.29) is 71.8 Å². The molecule has 0 unspecified atom stereocenters. The van der Waals surface area contributed by atoms with E-state index in [1.165, 1.54) is 0 Å². The monoisotopic (exact) mass is 557 g/mol. The molecule has 0 bridgehead atoms. The van der Waals surface area contributed by atoms with Crippen LogP contribution in [0.15, 0.2) is 0 Å². The van der Waals surface area contributed by atoms with E-state index in [4.69, 9.17) is 5.63 Å². The summed E-state index contributed by atoms with van der Waals surface area (Å²) >= 11 is 0.389. The molecule has 3 radical (unpaired) electrons. The van der Waals surface area contributed by atoms with Crippen LogP contribution in [0.5, 0.6) is 0 Å². The molecule has 0 fully saturated rings. The Balaban J connectivity index is -0.0000000133. The summed E-state index contributed by atoms with van der Waals surface area (Å²) in [4.78, 5) is 0. The van der Waals surface area contributed by atoms with Crippen LogP contribution in [0.1, 0.15) is 0 Å². The van der Waals surface area contributed by atoms with Gasteiger partial charge >= 0.3 is 55.1 Å². The van der Waals surface area contributed by atoms with E-state index in [0.717, 1.165) is 0 Å². The third kappa shape index (κ3) is 23.2. The van der Waals surface area contributed by atoms with E-state index in [0.29, 0.717) is 0 Å². The first-order chi connectivity index (χ1) is 2.00. The fourth-order valence-corrected chi connectivity index (χ4v) is 0. The first kappa shape index (κ1) is 15.7. The van der Waals surface area contributed by atoms with Crippen molar-refractivity contribution in [3.8, 4) is 0 Å². The molecule has 0 N–H and O–H groups in total. The number of hydrogen-bond donors (Lipinski definition) is 0. The molecule has 0 heterocycles. The normalized spacial score (nSPS) is 1.60. The second-order valence-electron chi connectivity index (χ2n) is 0. The maximum atomic E-state index is 8.36. The Kier molecular flexibility index (Phi) is 113. The fourth-order valence-electron chi connectivity index (χ4n) is 0. The second-order valence-corrected chi connectivity index (χ2v) is 0. The van der Waals surface area contributed by atoms with Crippen LogP contribution in [-0.4, -0.2) is 49.4 Å². The summed E-state index contributed by atoms with van der Waals surface area (Å²) in [5, 5.41) is 0. The summed E-state index contributed by atoms with van der Waals surface area (Å²) in [6, 6.07) is 0. The van der Waals surface area contributed by atoms with Crippen LogP contribution >= 0.6 is 0 Å². The average molecular weight is 558 g/mol. The van der Waals surface area contributed by atoms with Crippen molar-refractivity contribution in [1.29, 1.82) is 0 Å². The van der Waals surface area contributed by atoms with Gasteiger partial charge in [-0.2, -0.15) is 0 Å². The van der Waals surface area contributed by atoms with E-state index in [2.05, 4.69) is 0 Å². The summed E-state index contributed by atoms with van der Waals surface area (Å²) in [5.41, 5.74) is 0. The quantitative estimate of drug-likeness (QED) is 0.358. The Hall–Kier alpha value is 2.11. The molecule has 0 aromatic heterocycles. The molecule has 0 spiro atoms. The molecule has 5 heteroatoms. The van der Waals surface area contributed by atoms with Gasteiger partial charge in [0, 0.05) is 22.4 Å². The molecule has 0 aromatic carbocycles. The summed E-state index contributed by atoms with van der Waals surface area (Å²) in [6.45, 7) is 0. The van der Waals surface area contributed by atoms with Gasteiger partial charge < -0.3 is 0 Å². The van der Waals surface area contributed by atoms with Crippen molar-refractivity contribution in [2.24, 2.45) is 0 Å². The van der Waals surface area contributed by atoms with Gasteiger partial charge in [0.1, 0.15) is 0 Å². The van der Waals surface area contributed by atoms with Gasteiger partial charge in [-0.3, -0.25) is 0 Å². The SMILES string of the molecule is [Ag].[O]=[Bi].[O]=[Bi]. The molecule has 33 valence electrons. The Morgan fingerprint density at radius 3 is 0.800 bits per heavy atom. The van der Waals surface area contributed by atoms with Crippen molar-refractivity contribution in [3.63, 3.8) is 0 Å². The van der Waals surface area contributed by atoms with Crippen molar-refractivity contribution in [1.82, 2.24) is 0 Å². The third-order valence-electron chi connectivity index (χ3n) is 0. The molecule has 0 rings (SSSR count). The molecule has 2 nitrogen and oxygen atoms in total. The average Bonchev–Trinajstić information content (AvgIpc) is 1.50. The predicted octanol–water partition coefficient (Wildman–Crippen LogP) is -1.00. The Morgan fingerprint density at radius 1 is 0.800 bits per heavy atom. The molecule has 0 aliphatic heterocycles. The van der Waals surface area contributed by atoms with Gasteiger partial charge in [0.15, 0.2) is 0 Å². The fraction of sp³-hybridized carbons (Fsp3) is 0. The number of rotatable bonds is 0. The van der Waals surface area contributed by atoms with E-state index in [9.17, 15) is 0 Å². The molecule has 0 aliphatic carbocycles. The first-order valence-electron chi connectivity index (χ1n) is 0.365. The van der Waals surface area contributed by atoms with Crippen LogP contribution in [-0.2, 0) is 28.0 Å². The maximum absolute atomic E-state index is 8.36. The van der Waals surface area contributed by atoms with Crippen molar-refractivity contribution in [2.45, 2.75) is 0 Å². The van der Waals surface area contributed by atoms with E-state index < -0.39 is 0 Å². The van der Waals surface area contributed by atoms with E-state index in [1.54, 1.807) is 0 Å². The zero-order valence-corrected chi connectivity index (χ0v) is 10.4. The number of hydrogen-bond acceptors (Lipinski definition) is 2. The van der Waals surface area contributed by atoms with Gasteiger partial charge in [-0.05, 0) is 0 Å². The minimum absolute atomic E-state index is 0. The molecule has 0 aliphatic rings. The van der Waals surface area contributed by atoms with Crippen LogP contribution < -0.4 is 0 Å². The van der Waals surface area contributed by atoms with Crippen molar-refractivity contribution >= 4 is 49.4 Å². The minimum atomic E-state index is 0. The van der Waals surface area contributed by atoms with Crippen molar-refractivity contribution in [3.05, 3.63) is 0 Å².